The summed E-state index contributed by atoms with van der Waals surface area (Å²) in [6.07, 6.45) is 4.60. The fourth-order valence-corrected chi connectivity index (χ4v) is 3.66. The molecule has 0 saturated carbocycles. The van der Waals surface area contributed by atoms with Gasteiger partial charge in [-0.2, -0.15) is 0 Å². The van der Waals surface area contributed by atoms with Gasteiger partial charge < -0.3 is 10.0 Å². The first kappa shape index (κ1) is 17.3. The van der Waals surface area contributed by atoms with E-state index in [1.54, 1.807) is 26.5 Å². The SMILES string of the molecule is CN(C)S(=O)(=O)CCCN1C[C@@H](Cc2ccncc2)[C@@H](O)C1. The minimum absolute atomic E-state index is 0.154. The van der Waals surface area contributed by atoms with E-state index in [-0.39, 0.29) is 17.8 Å². The Morgan fingerprint density at radius 2 is 2.00 bits per heavy atom. The zero-order chi connectivity index (χ0) is 16.2. The van der Waals surface area contributed by atoms with Gasteiger partial charge in [0.25, 0.3) is 0 Å². The maximum absolute atomic E-state index is 11.7. The molecule has 0 spiro atoms. The van der Waals surface area contributed by atoms with E-state index < -0.39 is 10.0 Å². The van der Waals surface area contributed by atoms with Gasteiger partial charge >= 0.3 is 0 Å². The Labute approximate surface area is 132 Å². The van der Waals surface area contributed by atoms with Gasteiger partial charge in [-0.1, -0.05) is 0 Å². The van der Waals surface area contributed by atoms with Crippen molar-refractivity contribution in [3.63, 3.8) is 0 Å². The summed E-state index contributed by atoms with van der Waals surface area (Å²) in [7, 11) is -0.0178. The van der Waals surface area contributed by atoms with Crippen LogP contribution >= 0.6 is 0 Å². The van der Waals surface area contributed by atoms with Crippen LogP contribution in [0.25, 0.3) is 0 Å². The third-order valence-corrected chi connectivity index (χ3v) is 6.08. The van der Waals surface area contributed by atoms with Crippen LogP contribution in [-0.2, 0) is 16.4 Å². The number of aliphatic hydroxyl groups excluding tert-OH is 1. The lowest BCUT2D eigenvalue weighted by Gasteiger charge is -2.16. The Hall–Kier alpha value is -1.02. The van der Waals surface area contributed by atoms with Crippen molar-refractivity contribution in [2.45, 2.75) is 18.9 Å². The first-order chi connectivity index (χ1) is 10.4. The van der Waals surface area contributed by atoms with Gasteiger partial charge in [-0.15, -0.1) is 0 Å². The number of hydrogen-bond donors (Lipinski definition) is 1. The van der Waals surface area contributed by atoms with Gasteiger partial charge in [-0.25, -0.2) is 12.7 Å². The average molecular weight is 327 g/mol. The number of rotatable bonds is 7. The van der Waals surface area contributed by atoms with Crippen molar-refractivity contribution in [2.24, 2.45) is 5.92 Å². The summed E-state index contributed by atoms with van der Waals surface area (Å²) in [6, 6.07) is 3.94. The van der Waals surface area contributed by atoms with Crippen LogP contribution in [0.5, 0.6) is 0 Å². The van der Waals surface area contributed by atoms with Crippen LogP contribution in [0.15, 0.2) is 24.5 Å². The predicted octanol–water partition coefficient (Wildman–Crippen LogP) is 0.198. The van der Waals surface area contributed by atoms with Gasteiger partial charge in [-0.05, 0) is 37.1 Å². The molecule has 0 radical (unpaired) electrons. The first-order valence-electron chi connectivity index (χ1n) is 7.58. The molecule has 0 unspecified atom stereocenters. The van der Waals surface area contributed by atoms with Crippen molar-refractivity contribution in [1.82, 2.24) is 14.2 Å². The van der Waals surface area contributed by atoms with Crippen LogP contribution < -0.4 is 0 Å². The maximum atomic E-state index is 11.7. The van der Waals surface area contributed by atoms with Crippen LogP contribution in [0.3, 0.4) is 0 Å². The van der Waals surface area contributed by atoms with Gasteiger partial charge in [0.05, 0.1) is 11.9 Å². The third-order valence-electron chi connectivity index (χ3n) is 4.16. The summed E-state index contributed by atoms with van der Waals surface area (Å²) in [6.45, 7) is 2.14. The Bertz CT molecular complexity index is 563. The van der Waals surface area contributed by atoms with Crippen molar-refractivity contribution < 1.29 is 13.5 Å². The maximum Gasteiger partial charge on any atom is 0.213 e. The topological polar surface area (TPSA) is 73.7 Å². The molecule has 1 aliphatic rings. The minimum atomic E-state index is -3.13. The molecule has 0 amide bonds. The minimum Gasteiger partial charge on any atom is -0.391 e. The summed E-state index contributed by atoms with van der Waals surface area (Å²) >= 11 is 0. The second kappa shape index (κ2) is 7.50. The Balaban J connectivity index is 1.79. The van der Waals surface area contributed by atoms with Crippen LogP contribution in [-0.4, -0.2) is 73.3 Å². The largest absolute Gasteiger partial charge is 0.391 e. The Morgan fingerprint density at radius 1 is 1.32 bits per heavy atom. The number of β-amino-alcohol motifs (C(OH)–C–C–N with tert-alkyl or cyclic N) is 1. The van der Waals surface area contributed by atoms with Gasteiger partial charge in [-0.3, -0.25) is 4.98 Å². The summed E-state index contributed by atoms with van der Waals surface area (Å²) < 4.78 is 24.7. The fraction of sp³-hybridized carbons (Fsp3) is 0.667. The van der Waals surface area contributed by atoms with Gasteiger partial charge in [0.2, 0.25) is 10.0 Å². The van der Waals surface area contributed by atoms with Crippen LogP contribution in [0.1, 0.15) is 12.0 Å². The van der Waals surface area contributed by atoms with E-state index in [1.165, 1.54) is 9.87 Å². The molecule has 2 rings (SSSR count). The van der Waals surface area contributed by atoms with Crippen LogP contribution in [0.2, 0.25) is 0 Å². The molecule has 1 aliphatic heterocycles. The molecule has 6 nitrogen and oxygen atoms in total. The van der Waals surface area contributed by atoms with Crippen LogP contribution in [0.4, 0.5) is 0 Å². The molecule has 0 bridgehead atoms. The second-order valence-corrected chi connectivity index (χ2v) is 8.40. The first-order valence-corrected chi connectivity index (χ1v) is 9.19. The molecular weight excluding hydrogens is 302 g/mol. The number of nitrogens with zero attached hydrogens (tertiary/aromatic N) is 3. The summed E-state index contributed by atoms with van der Waals surface area (Å²) in [5.74, 6) is 0.356. The van der Waals surface area contributed by atoms with Crippen molar-refractivity contribution >= 4 is 10.0 Å². The quantitative estimate of drug-likeness (QED) is 0.774. The lowest BCUT2D eigenvalue weighted by molar-refractivity contribution is 0.141. The molecule has 7 heteroatoms. The highest BCUT2D eigenvalue weighted by Crippen LogP contribution is 2.21. The molecule has 1 fully saturated rings. The normalized spacial score (nSPS) is 23.3. The number of sulfonamides is 1. The molecule has 1 N–H and O–H groups in total. The number of pyridine rings is 1. The van der Waals surface area contributed by atoms with E-state index >= 15 is 0 Å². The van der Waals surface area contributed by atoms with Crippen LogP contribution in [0, 0.1) is 5.92 Å². The zero-order valence-corrected chi connectivity index (χ0v) is 14.0. The standard InChI is InChI=1S/C15H25N3O3S/c1-17(2)22(20,21)9-3-8-18-11-14(15(19)12-18)10-13-4-6-16-7-5-13/h4-7,14-15,19H,3,8-12H2,1-2H3/t14-,15+/m1/s1. The van der Waals surface area contributed by atoms with Gasteiger partial charge in [0, 0.05) is 45.5 Å². The third kappa shape index (κ3) is 4.74. The van der Waals surface area contributed by atoms with Crippen molar-refractivity contribution in [1.29, 1.82) is 0 Å². The molecule has 2 heterocycles. The lowest BCUT2D eigenvalue weighted by Crippen LogP contribution is -2.29. The van der Waals surface area contributed by atoms with E-state index in [9.17, 15) is 13.5 Å². The molecule has 1 aromatic heterocycles. The van der Waals surface area contributed by atoms with Gasteiger partial charge in [0.1, 0.15) is 0 Å². The fourth-order valence-electron chi connectivity index (χ4n) is 2.80. The number of aliphatic hydroxyl groups is 1. The van der Waals surface area contributed by atoms with Crippen molar-refractivity contribution in [2.75, 3.05) is 39.5 Å². The molecule has 124 valence electrons. The Kier molecular flexibility index (Phi) is 5.91. The molecule has 0 aromatic carbocycles. The highest BCUT2D eigenvalue weighted by atomic mass is 32.2. The lowest BCUT2D eigenvalue weighted by atomic mass is 9.97. The van der Waals surface area contributed by atoms with E-state index in [4.69, 9.17) is 0 Å². The molecular formula is C15H25N3O3S. The molecule has 0 aliphatic carbocycles. The number of likely N-dealkylation sites (tertiary alicyclic amines) is 1. The van der Waals surface area contributed by atoms with Crippen molar-refractivity contribution in [3.8, 4) is 0 Å². The Morgan fingerprint density at radius 3 is 2.64 bits per heavy atom. The molecule has 22 heavy (non-hydrogen) atoms. The highest BCUT2D eigenvalue weighted by Gasteiger charge is 2.31. The van der Waals surface area contributed by atoms with E-state index in [0.717, 1.165) is 13.0 Å². The number of aromatic nitrogens is 1. The van der Waals surface area contributed by atoms with Crippen molar-refractivity contribution in [3.05, 3.63) is 30.1 Å². The molecule has 2 atom stereocenters. The van der Waals surface area contributed by atoms with Gasteiger partial charge in [0.15, 0.2) is 0 Å². The highest BCUT2D eigenvalue weighted by molar-refractivity contribution is 7.89. The average Bonchev–Trinajstić information content (AvgIpc) is 2.80. The van der Waals surface area contributed by atoms with E-state index in [1.807, 2.05) is 12.1 Å². The smallest absolute Gasteiger partial charge is 0.213 e. The second-order valence-electron chi connectivity index (χ2n) is 6.10. The summed E-state index contributed by atoms with van der Waals surface area (Å²) in [5.41, 5.74) is 1.18. The monoisotopic (exact) mass is 327 g/mol. The molecule has 1 aromatic rings. The summed E-state index contributed by atoms with van der Waals surface area (Å²) in [4.78, 5) is 6.15. The predicted molar refractivity (Wildman–Crippen MR) is 86.0 cm³/mol. The summed E-state index contributed by atoms with van der Waals surface area (Å²) in [5, 5.41) is 10.2. The zero-order valence-electron chi connectivity index (χ0n) is 13.2. The van der Waals surface area contributed by atoms with E-state index in [0.29, 0.717) is 19.5 Å². The number of hydrogen-bond acceptors (Lipinski definition) is 5. The van der Waals surface area contributed by atoms with E-state index in [2.05, 4.69) is 9.88 Å². The molecule has 1 saturated heterocycles.